The minimum Gasteiger partial charge on any atom is -0.490 e. The van der Waals surface area contributed by atoms with E-state index in [0.29, 0.717) is 37.7 Å². The van der Waals surface area contributed by atoms with Gasteiger partial charge in [0.2, 0.25) is 0 Å². The maximum atomic E-state index is 14.4. The van der Waals surface area contributed by atoms with Crippen LogP contribution >= 0.6 is 11.6 Å². The summed E-state index contributed by atoms with van der Waals surface area (Å²) in [4.78, 5) is 13.6. The van der Waals surface area contributed by atoms with Gasteiger partial charge in [-0.15, -0.1) is 0 Å². The Kier molecular flexibility index (Phi) is 7.20. The number of carbonyl (C=O) groups excluding carboxylic acids is 1. The molecule has 0 atom stereocenters. The predicted molar refractivity (Wildman–Crippen MR) is 99.2 cm³/mol. The van der Waals surface area contributed by atoms with Crippen molar-refractivity contribution < 1.29 is 23.4 Å². The van der Waals surface area contributed by atoms with Crippen LogP contribution in [0.5, 0.6) is 5.75 Å². The first kappa shape index (κ1) is 20.4. The second-order valence-electron chi connectivity index (χ2n) is 5.73. The van der Waals surface area contributed by atoms with Crippen molar-refractivity contribution in [3.8, 4) is 5.75 Å². The van der Waals surface area contributed by atoms with Gasteiger partial charge < -0.3 is 14.2 Å². The van der Waals surface area contributed by atoms with Crippen molar-refractivity contribution in [3.05, 3.63) is 46.4 Å². The molecule has 1 aromatic carbocycles. The van der Waals surface area contributed by atoms with Gasteiger partial charge in [-0.05, 0) is 32.4 Å². The summed E-state index contributed by atoms with van der Waals surface area (Å²) in [5.74, 6) is -0.648. The van der Waals surface area contributed by atoms with Crippen LogP contribution in [0.15, 0.2) is 35.6 Å². The number of hydrogen-bond donors (Lipinski definition) is 0. The van der Waals surface area contributed by atoms with Crippen molar-refractivity contribution >= 4 is 23.2 Å². The van der Waals surface area contributed by atoms with Crippen LogP contribution in [0.1, 0.15) is 20.8 Å². The summed E-state index contributed by atoms with van der Waals surface area (Å²) < 4.78 is 30.5. The number of anilines is 1. The molecule has 1 aliphatic rings. The van der Waals surface area contributed by atoms with E-state index < -0.39 is 5.82 Å². The van der Waals surface area contributed by atoms with E-state index in [2.05, 4.69) is 6.58 Å². The molecular weight excluding hydrogens is 361 g/mol. The first-order chi connectivity index (χ1) is 12.4. The van der Waals surface area contributed by atoms with E-state index in [9.17, 15) is 9.18 Å². The predicted octanol–water partition coefficient (Wildman–Crippen LogP) is 4.11. The Morgan fingerprint density at radius 3 is 2.38 bits per heavy atom. The molecule has 26 heavy (non-hydrogen) atoms. The molecule has 0 radical (unpaired) electrons. The van der Waals surface area contributed by atoms with Crippen LogP contribution < -0.4 is 9.64 Å². The number of benzene rings is 1. The van der Waals surface area contributed by atoms with Gasteiger partial charge in [0.25, 0.3) is 5.91 Å². The molecule has 0 aliphatic carbocycles. The molecule has 1 aromatic rings. The molecule has 1 aliphatic heterocycles. The smallest absolute Gasteiger partial charge is 0.258 e. The molecule has 0 aromatic heterocycles. The minimum atomic E-state index is -0.618. The van der Waals surface area contributed by atoms with Crippen LogP contribution in [0.3, 0.4) is 0 Å². The van der Waals surface area contributed by atoms with Crippen molar-refractivity contribution in [1.82, 2.24) is 0 Å². The maximum Gasteiger partial charge on any atom is 0.258 e. The van der Waals surface area contributed by atoms with Crippen LogP contribution in [-0.4, -0.2) is 38.9 Å². The van der Waals surface area contributed by atoms with E-state index in [4.69, 9.17) is 25.8 Å². The van der Waals surface area contributed by atoms with Gasteiger partial charge in [0.15, 0.2) is 0 Å². The van der Waals surface area contributed by atoms with Crippen LogP contribution in [-0.2, 0) is 14.3 Å². The molecule has 0 spiro atoms. The Morgan fingerprint density at radius 2 is 1.77 bits per heavy atom. The summed E-state index contributed by atoms with van der Waals surface area (Å²) in [6, 6.07) is 2.54. The average molecular weight is 384 g/mol. The molecule has 142 valence electrons. The van der Waals surface area contributed by atoms with Crippen molar-refractivity contribution in [2.24, 2.45) is 0 Å². The zero-order valence-electron chi connectivity index (χ0n) is 15.2. The van der Waals surface area contributed by atoms with Crippen LogP contribution in [0.25, 0.3) is 0 Å². The summed E-state index contributed by atoms with van der Waals surface area (Å²) in [5.41, 5.74) is 1.77. The van der Waals surface area contributed by atoms with Crippen molar-refractivity contribution in [2.75, 3.05) is 37.9 Å². The monoisotopic (exact) mass is 383 g/mol. The van der Waals surface area contributed by atoms with Gasteiger partial charge in [-0.25, -0.2) is 4.39 Å². The van der Waals surface area contributed by atoms with Gasteiger partial charge in [0, 0.05) is 23.9 Å². The number of hydrogen-bond acceptors (Lipinski definition) is 4. The lowest BCUT2D eigenvalue weighted by Crippen LogP contribution is -2.25. The molecule has 0 saturated carbocycles. The lowest BCUT2D eigenvalue weighted by atomic mass is 10.2. The lowest BCUT2D eigenvalue weighted by Gasteiger charge is -2.21. The van der Waals surface area contributed by atoms with Crippen molar-refractivity contribution in [2.45, 2.75) is 20.8 Å². The molecule has 2 rings (SSSR count). The van der Waals surface area contributed by atoms with Crippen molar-refractivity contribution in [3.63, 3.8) is 0 Å². The third-order valence-corrected chi connectivity index (χ3v) is 4.39. The molecule has 0 bridgehead atoms. The standard InChI is InChI=1S/C19H23ClFNO4/c1-5-24-6-7-25-8-9-26-18-11-17(16(21)10-15(18)20)22-14(4)12(2)13(3)19(22)23/h10-11H,4-9H2,1-3H3. The Morgan fingerprint density at radius 1 is 1.12 bits per heavy atom. The number of ether oxygens (including phenoxy) is 3. The van der Waals surface area contributed by atoms with Crippen molar-refractivity contribution in [1.29, 1.82) is 0 Å². The molecule has 0 saturated heterocycles. The summed E-state index contributed by atoms with van der Waals surface area (Å²) in [7, 11) is 0. The summed E-state index contributed by atoms with van der Waals surface area (Å²) in [5, 5.41) is 0.124. The summed E-state index contributed by atoms with van der Waals surface area (Å²) in [6.45, 7) is 11.5. The SMILES string of the molecule is C=C1C(C)=C(C)C(=O)N1c1cc(OCCOCCOCC)c(Cl)cc1F. The fourth-order valence-electron chi connectivity index (χ4n) is 2.46. The third-order valence-electron chi connectivity index (χ3n) is 4.09. The quantitative estimate of drug-likeness (QED) is 0.602. The molecule has 5 nitrogen and oxygen atoms in total. The van der Waals surface area contributed by atoms with E-state index in [-0.39, 0.29) is 29.0 Å². The molecule has 0 N–H and O–H groups in total. The van der Waals surface area contributed by atoms with Gasteiger partial charge in [-0.3, -0.25) is 9.69 Å². The molecular formula is C19H23ClFNO4. The van der Waals surface area contributed by atoms with E-state index in [1.807, 2.05) is 6.92 Å². The molecule has 0 fully saturated rings. The molecule has 0 unspecified atom stereocenters. The third kappa shape index (κ3) is 4.44. The Labute approximate surface area is 158 Å². The second-order valence-corrected chi connectivity index (χ2v) is 6.14. The summed E-state index contributed by atoms with van der Waals surface area (Å²) >= 11 is 6.06. The highest BCUT2D eigenvalue weighted by Crippen LogP contribution is 2.38. The second kappa shape index (κ2) is 9.16. The van der Waals surface area contributed by atoms with Gasteiger partial charge in [-0.2, -0.15) is 0 Å². The fraction of sp³-hybridized carbons (Fsp3) is 0.421. The lowest BCUT2D eigenvalue weighted by molar-refractivity contribution is -0.114. The van der Waals surface area contributed by atoms with E-state index in [1.165, 1.54) is 11.0 Å². The number of amides is 1. The molecule has 1 amide bonds. The summed E-state index contributed by atoms with van der Waals surface area (Å²) in [6.07, 6.45) is 0. The number of halogens is 2. The van der Waals surface area contributed by atoms with Gasteiger partial charge in [-0.1, -0.05) is 18.2 Å². The van der Waals surface area contributed by atoms with Crippen LogP contribution in [0.4, 0.5) is 10.1 Å². The number of allylic oxidation sites excluding steroid dienone is 1. The fourth-order valence-corrected chi connectivity index (χ4v) is 2.67. The average Bonchev–Trinajstić information content (AvgIpc) is 2.79. The first-order valence-corrected chi connectivity index (χ1v) is 8.74. The molecule has 7 heteroatoms. The zero-order chi connectivity index (χ0) is 19.3. The minimum absolute atomic E-state index is 0.0628. The van der Waals surface area contributed by atoms with E-state index >= 15 is 0 Å². The number of nitrogens with zero attached hydrogens (tertiary/aromatic N) is 1. The highest BCUT2D eigenvalue weighted by molar-refractivity contribution is 6.32. The largest absolute Gasteiger partial charge is 0.490 e. The topological polar surface area (TPSA) is 48.0 Å². The van der Waals surface area contributed by atoms with Gasteiger partial charge >= 0.3 is 0 Å². The van der Waals surface area contributed by atoms with Crippen LogP contribution in [0, 0.1) is 5.82 Å². The highest BCUT2D eigenvalue weighted by atomic mass is 35.5. The van der Waals surface area contributed by atoms with E-state index in [1.54, 1.807) is 13.8 Å². The van der Waals surface area contributed by atoms with E-state index in [0.717, 1.165) is 11.6 Å². The Balaban J connectivity index is 2.06. The number of carbonyl (C=O) groups is 1. The van der Waals surface area contributed by atoms with Crippen LogP contribution in [0.2, 0.25) is 5.02 Å². The first-order valence-electron chi connectivity index (χ1n) is 8.37. The molecule has 1 heterocycles. The Hall–Kier alpha value is -1.89. The van der Waals surface area contributed by atoms with Gasteiger partial charge in [0.05, 0.1) is 30.5 Å². The highest BCUT2D eigenvalue weighted by Gasteiger charge is 2.32. The Bertz CT molecular complexity index is 708. The zero-order valence-corrected chi connectivity index (χ0v) is 16.0. The normalized spacial score (nSPS) is 14.6. The number of rotatable bonds is 9. The maximum absolute atomic E-state index is 14.4. The van der Waals surface area contributed by atoms with Gasteiger partial charge in [0.1, 0.15) is 18.2 Å².